The van der Waals surface area contributed by atoms with Gasteiger partial charge in [-0.05, 0) is 61.6 Å². The minimum absolute atomic E-state index is 0.598. The molecule has 1 aromatic heterocycles. The molecule has 3 heteroatoms. The van der Waals surface area contributed by atoms with E-state index in [0.29, 0.717) is 17.1 Å². The highest BCUT2D eigenvalue weighted by Gasteiger charge is 2.14. The maximum absolute atomic E-state index is 11.9. The van der Waals surface area contributed by atoms with Gasteiger partial charge < -0.3 is 0 Å². The number of hydrogen-bond acceptors (Lipinski definition) is 3. The highest BCUT2D eigenvalue weighted by molar-refractivity contribution is 6.25. The summed E-state index contributed by atoms with van der Waals surface area (Å²) in [6.45, 7) is 0. The van der Waals surface area contributed by atoms with Crippen LogP contribution in [-0.4, -0.2) is 16.3 Å². The molecule has 7 aromatic carbocycles. The molecule has 0 aliphatic rings. The summed E-state index contributed by atoms with van der Waals surface area (Å²) >= 11 is 0. The number of carbonyl (C=O) groups excluding carboxylic acids is 1. The predicted molar refractivity (Wildman–Crippen MR) is 182 cm³/mol. The largest absolute Gasteiger partial charge is 0.298 e. The Morgan fingerprint density at radius 2 is 0.932 bits per heavy atom. The van der Waals surface area contributed by atoms with E-state index in [0.717, 1.165) is 39.8 Å². The predicted octanol–water partition coefficient (Wildman–Crippen LogP) is 10.4. The number of aldehydes is 1. The van der Waals surface area contributed by atoms with Crippen molar-refractivity contribution in [1.82, 2.24) is 9.97 Å². The van der Waals surface area contributed by atoms with Crippen LogP contribution in [0.2, 0.25) is 0 Å². The lowest BCUT2D eigenvalue weighted by molar-refractivity contribution is 0.112. The van der Waals surface area contributed by atoms with Gasteiger partial charge in [-0.1, -0.05) is 133 Å². The summed E-state index contributed by atoms with van der Waals surface area (Å²) in [4.78, 5) is 21.9. The van der Waals surface area contributed by atoms with E-state index in [1.165, 1.54) is 32.3 Å². The average Bonchev–Trinajstić information content (AvgIpc) is 3.11. The van der Waals surface area contributed by atoms with Gasteiger partial charge >= 0.3 is 0 Å². The van der Waals surface area contributed by atoms with Crippen molar-refractivity contribution in [2.75, 3.05) is 0 Å². The molecular formula is C41H26N2O. The van der Waals surface area contributed by atoms with E-state index in [1.54, 1.807) is 0 Å². The van der Waals surface area contributed by atoms with Crippen LogP contribution in [0.4, 0.5) is 0 Å². The molecule has 0 aliphatic heterocycles. The highest BCUT2D eigenvalue weighted by Crippen LogP contribution is 2.38. The molecule has 0 spiro atoms. The van der Waals surface area contributed by atoms with Crippen molar-refractivity contribution < 1.29 is 4.79 Å². The van der Waals surface area contributed by atoms with Crippen LogP contribution in [0.15, 0.2) is 152 Å². The molecule has 0 N–H and O–H groups in total. The molecule has 206 valence electrons. The molecule has 0 fully saturated rings. The van der Waals surface area contributed by atoms with Crippen LogP contribution >= 0.6 is 0 Å². The lowest BCUT2D eigenvalue weighted by Crippen LogP contribution is -1.98. The van der Waals surface area contributed by atoms with Gasteiger partial charge in [0.2, 0.25) is 0 Å². The first-order valence-electron chi connectivity index (χ1n) is 14.7. The normalized spacial score (nSPS) is 11.3. The van der Waals surface area contributed by atoms with Gasteiger partial charge in [-0.2, -0.15) is 0 Å². The number of carbonyl (C=O) groups is 1. The van der Waals surface area contributed by atoms with Crippen LogP contribution in [0, 0.1) is 0 Å². The van der Waals surface area contributed by atoms with Gasteiger partial charge in [0, 0.05) is 22.3 Å². The number of nitrogens with zero attached hydrogens (tertiary/aromatic N) is 2. The third kappa shape index (κ3) is 4.43. The van der Waals surface area contributed by atoms with Crippen molar-refractivity contribution in [2.45, 2.75) is 0 Å². The van der Waals surface area contributed by atoms with Crippen LogP contribution in [0.3, 0.4) is 0 Å². The molecule has 3 nitrogen and oxygen atoms in total. The second-order valence-electron chi connectivity index (χ2n) is 11.0. The van der Waals surface area contributed by atoms with E-state index in [2.05, 4.69) is 84.9 Å². The minimum Gasteiger partial charge on any atom is -0.298 e. The number of benzene rings is 7. The fraction of sp³-hybridized carbons (Fsp3) is 0. The molecule has 0 aliphatic carbocycles. The maximum atomic E-state index is 11.9. The molecule has 0 unspecified atom stereocenters. The van der Waals surface area contributed by atoms with Crippen LogP contribution in [-0.2, 0) is 0 Å². The van der Waals surface area contributed by atoms with Crippen LogP contribution in [0.25, 0.3) is 77.3 Å². The van der Waals surface area contributed by atoms with Gasteiger partial charge in [0.25, 0.3) is 0 Å². The zero-order valence-electron chi connectivity index (χ0n) is 23.8. The Labute approximate surface area is 255 Å². The molecule has 0 saturated carbocycles. The lowest BCUT2D eigenvalue weighted by atomic mass is 9.92. The Hall–Kier alpha value is -5.93. The second kappa shape index (κ2) is 10.7. The molecule has 0 atom stereocenters. The molecule has 0 bridgehead atoms. The van der Waals surface area contributed by atoms with Gasteiger partial charge in [0.15, 0.2) is 12.1 Å². The van der Waals surface area contributed by atoms with Crippen molar-refractivity contribution in [3.05, 3.63) is 157 Å². The first-order chi connectivity index (χ1) is 21.8. The third-order valence-corrected chi connectivity index (χ3v) is 8.36. The first-order valence-corrected chi connectivity index (χ1v) is 14.7. The summed E-state index contributed by atoms with van der Waals surface area (Å²) in [7, 11) is 0. The molecule has 0 saturated heterocycles. The Morgan fingerprint density at radius 3 is 1.66 bits per heavy atom. The van der Waals surface area contributed by atoms with E-state index in [9.17, 15) is 4.79 Å². The zero-order valence-corrected chi connectivity index (χ0v) is 23.8. The highest BCUT2D eigenvalue weighted by atomic mass is 16.1. The minimum atomic E-state index is 0.598. The maximum Gasteiger partial charge on any atom is 0.160 e. The van der Waals surface area contributed by atoms with Gasteiger partial charge in [-0.15, -0.1) is 0 Å². The standard InChI is InChI=1S/C41H26N2O/c44-26-31-13-4-5-16-32(31)40-25-39(27-11-2-1-3-12-27)42-41(43-40)30-15-10-14-28(23-30)29-21-22-37-35-19-7-6-17-33(35)34-18-8-9-20-36(34)38(37)24-29/h1-26H. The van der Waals surface area contributed by atoms with Crippen molar-refractivity contribution >= 4 is 38.6 Å². The van der Waals surface area contributed by atoms with E-state index in [-0.39, 0.29) is 0 Å². The Kier molecular flexibility index (Phi) is 6.28. The molecule has 1 heterocycles. The molecule has 0 amide bonds. The van der Waals surface area contributed by atoms with Crippen molar-refractivity contribution in [2.24, 2.45) is 0 Å². The van der Waals surface area contributed by atoms with Crippen molar-refractivity contribution in [3.8, 4) is 45.0 Å². The van der Waals surface area contributed by atoms with E-state index >= 15 is 0 Å². The first kappa shape index (κ1) is 25.8. The second-order valence-corrected chi connectivity index (χ2v) is 11.0. The van der Waals surface area contributed by atoms with Crippen LogP contribution in [0.1, 0.15) is 10.4 Å². The molecule has 8 aromatic rings. The Balaban J connectivity index is 1.30. The van der Waals surface area contributed by atoms with Crippen molar-refractivity contribution in [3.63, 3.8) is 0 Å². The van der Waals surface area contributed by atoms with E-state index in [1.807, 2.05) is 66.7 Å². The Bertz CT molecular complexity index is 2320. The summed E-state index contributed by atoms with van der Waals surface area (Å²) in [5, 5.41) is 7.52. The molecule has 0 radical (unpaired) electrons. The molecular weight excluding hydrogens is 536 g/mol. The smallest absolute Gasteiger partial charge is 0.160 e. The summed E-state index contributed by atoms with van der Waals surface area (Å²) < 4.78 is 0. The van der Waals surface area contributed by atoms with Gasteiger partial charge in [0.05, 0.1) is 11.4 Å². The quantitative estimate of drug-likeness (QED) is 0.155. The number of rotatable bonds is 5. The summed E-state index contributed by atoms with van der Waals surface area (Å²) in [6, 6.07) is 52.0. The number of hydrogen-bond donors (Lipinski definition) is 0. The fourth-order valence-corrected chi connectivity index (χ4v) is 6.23. The van der Waals surface area contributed by atoms with E-state index < -0.39 is 0 Å². The summed E-state index contributed by atoms with van der Waals surface area (Å²) in [5.74, 6) is 0.612. The number of fused-ring (bicyclic) bond motifs is 6. The third-order valence-electron chi connectivity index (χ3n) is 8.36. The van der Waals surface area contributed by atoms with Gasteiger partial charge in [-0.3, -0.25) is 4.79 Å². The SMILES string of the molecule is O=Cc1ccccc1-c1cc(-c2ccccc2)nc(-c2cccc(-c3ccc4c5ccccc5c5ccccc5c4c3)c2)n1. The monoisotopic (exact) mass is 562 g/mol. The van der Waals surface area contributed by atoms with Gasteiger partial charge in [0.1, 0.15) is 0 Å². The zero-order chi connectivity index (χ0) is 29.5. The summed E-state index contributed by atoms with van der Waals surface area (Å²) in [6.07, 6.45) is 0.882. The molecule has 8 rings (SSSR count). The van der Waals surface area contributed by atoms with E-state index in [4.69, 9.17) is 9.97 Å². The topological polar surface area (TPSA) is 42.9 Å². The van der Waals surface area contributed by atoms with Crippen LogP contribution < -0.4 is 0 Å². The Morgan fingerprint density at radius 1 is 0.386 bits per heavy atom. The molecule has 44 heavy (non-hydrogen) atoms. The van der Waals surface area contributed by atoms with Crippen molar-refractivity contribution in [1.29, 1.82) is 0 Å². The van der Waals surface area contributed by atoms with Crippen LogP contribution in [0.5, 0.6) is 0 Å². The fourth-order valence-electron chi connectivity index (χ4n) is 6.23. The van der Waals surface area contributed by atoms with Gasteiger partial charge in [-0.25, -0.2) is 9.97 Å². The summed E-state index contributed by atoms with van der Waals surface area (Å²) in [5.41, 5.74) is 7.02. The average molecular weight is 563 g/mol. The number of aromatic nitrogens is 2. The lowest BCUT2D eigenvalue weighted by Gasteiger charge is -2.13.